The van der Waals surface area contributed by atoms with Crippen molar-refractivity contribution in [2.75, 3.05) is 0 Å². The van der Waals surface area contributed by atoms with E-state index in [-0.39, 0.29) is 5.91 Å². The molecule has 1 aliphatic carbocycles. The number of aryl methyl sites for hydroxylation is 1. The Balaban J connectivity index is 1.38. The number of amides is 1. The summed E-state index contributed by atoms with van der Waals surface area (Å²) in [5.74, 6) is 0.578. The van der Waals surface area contributed by atoms with Crippen LogP contribution in [0.3, 0.4) is 0 Å². The van der Waals surface area contributed by atoms with Gasteiger partial charge in [-0.1, -0.05) is 18.2 Å². The van der Waals surface area contributed by atoms with Crippen molar-refractivity contribution in [1.29, 1.82) is 0 Å². The lowest BCUT2D eigenvalue weighted by atomic mass is 10.1. The van der Waals surface area contributed by atoms with Gasteiger partial charge in [0.2, 0.25) is 0 Å². The van der Waals surface area contributed by atoms with Crippen molar-refractivity contribution in [3.63, 3.8) is 0 Å². The summed E-state index contributed by atoms with van der Waals surface area (Å²) in [5.41, 5.74) is 5.89. The van der Waals surface area contributed by atoms with Gasteiger partial charge in [0.1, 0.15) is 0 Å². The molecule has 1 aliphatic rings. The van der Waals surface area contributed by atoms with Gasteiger partial charge in [-0.3, -0.25) is 4.79 Å². The fourth-order valence-electron chi connectivity index (χ4n) is 3.99. The summed E-state index contributed by atoms with van der Waals surface area (Å²) in [6.07, 6.45) is 8.16. The molecule has 0 atom stereocenters. The first-order valence-electron chi connectivity index (χ1n) is 10.1. The highest BCUT2D eigenvalue weighted by Crippen LogP contribution is 2.28. The molecule has 4 aromatic rings. The Morgan fingerprint density at radius 2 is 2.03 bits per heavy atom. The van der Waals surface area contributed by atoms with E-state index < -0.39 is 0 Å². The van der Waals surface area contributed by atoms with Crippen molar-refractivity contribution in [3.05, 3.63) is 89.1 Å². The van der Waals surface area contributed by atoms with E-state index in [0.29, 0.717) is 12.2 Å². The Kier molecular flexibility index (Phi) is 4.63. The second-order valence-corrected chi connectivity index (χ2v) is 7.48. The molecule has 0 aliphatic heterocycles. The van der Waals surface area contributed by atoms with Crippen molar-refractivity contribution >= 4 is 5.91 Å². The fourth-order valence-corrected chi connectivity index (χ4v) is 3.99. The van der Waals surface area contributed by atoms with Crippen molar-refractivity contribution < 1.29 is 4.79 Å². The number of benzene rings is 1. The molecule has 30 heavy (non-hydrogen) atoms. The summed E-state index contributed by atoms with van der Waals surface area (Å²) < 4.78 is 3.65. The highest BCUT2D eigenvalue weighted by Gasteiger charge is 2.27. The lowest BCUT2D eigenvalue weighted by Crippen LogP contribution is -2.24. The molecule has 7 heteroatoms. The highest BCUT2D eigenvalue weighted by molar-refractivity contribution is 5.94. The number of carbonyl (C=O) groups is 1. The molecule has 0 unspecified atom stereocenters. The summed E-state index contributed by atoms with van der Waals surface area (Å²) in [6, 6.07) is 13.8. The minimum atomic E-state index is -0.141. The number of carbonyl (C=O) groups excluding carboxylic acids is 1. The Bertz CT molecular complexity index is 1210. The maximum Gasteiger partial charge on any atom is 0.272 e. The van der Waals surface area contributed by atoms with Gasteiger partial charge in [-0.2, -0.15) is 10.2 Å². The molecule has 5 rings (SSSR count). The van der Waals surface area contributed by atoms with Gasteiger partial charge in [-0.25, -0.2) is 14.3 Å². The molecule has 1 aromatic carbocycles. The van der Waals surface area contributed by atoms with Crippen LogP contribution < -0.4 is 5.32 Å². The van der Waals surface area contributed by atoms with Crippen LogP contribution in [0.1, 0.15) is 39.3 Å². The molecule has 0 fully saturated rings. The second kappa shape index (κ2) is 7.59. The zero-order valence-electron chi connectivity index (χ0n) is 16.7. The third kappa shape index (κ3) is 3.28. The van der Waals surface area contributed by atoms with Crippen molar-refractivity contribution in [2.45, 2.75) is 32.7 Å². The number of hydrogen-bond donors (Lipinski definition) is 1. The van der Waals surface area contributed by atoms with E-state index in [1.807, 2.05) is 41.2 Å². The first-order chi connectivity index (χ1) is 14.7. The van der Waals surface area contributed by atoms with Crippen LogP contribution in [0.15, 0.2) is 61.1 Å². The third-order valence-corrected chi connectivity index (χ3v) is 5.49. The Hall–Kier alpha value is -3.74. The normalized spacial score (nSPS) is 12.7. The molecule has 0 bridgehead atoms. The van der Waals surface area contributed by atoms with E-state index in [1.165, 1.54) is 0 Å². The van der Waals surface area contributed by atoms with Crippen LogP contribution in [-0.2, 0) is 19.4 Å². The molecule has 3 heterocycles. The number of rotatable bonds is 5. The van der Waals surface area contributed by atoms with E-state index in [4.69, 9.17) is 5.10 Å². The van der Waals surface area contributed by atoms with Crippen molar-refractivity contribution in [1.82, 2.24) is 29.9 Å². The van der Waals surface area contributed by atoms with Gasteiger partial charge in [0, 0.05) is 36.4 Å². The molecule has 1 N–H and O–H groups in total. The van der Waals surface area contributed by atoms with Gasteiger partial charge in [0.15, 0.2) is 11.5 Å². The van der Waals surface area contributed by atoms with Crippen LogP contribution in [0.4, 0.5) is 0 Å². The first kappa shape index (κ1) is 18.3. The molecule has 0 radical (unpaired) electrons. The average Bonchev–Trinajstić information content (AvgIpc) is 3.51. The van der Waals surface area contributed by atoms with Gasteiger partial charge in [-0.15, -0.1) is 0 Å². The summed E-state index contributed by atoms with van der Waals surface area (Å²) in [4.78, 5) is 17.3. The van der Waals surface area contributed by atoms with E-state index >= 15 is 0 Å². The summed E-state index contributed by atoms with van der Waals surface area (Å²) in [6.45, 7) is 2.47. The summed E-state index contributed by atoms with van der Waals surface area (Å²) >= 11 is 0. The summed E-state index contributed by atoms with van der Waals surface area (Å²) in [5, 5.41) is 11.9. The van der Waals surface area contributed by atoms with Crippen molar-refractivity contribution in [2.24, 2.45) is 0 Å². The maximum absolute atomic E-state index is 13.0. The lowest BCUT2D eigenvalue weighted by Gasteiger charge is -2.08. The van der Waals surface area contributed by atoms with E-state index in [9.17, 15) is 4.79 Å². The van der Waals surface area contributed by atoms with Gasteiger partial charge in [0.05, 0.1) is 5.69 Å². The topological polar surface area (TPSA) is 77.6 Å². The van der Waals surface area contributed by atoms with Crippen LogP contribution >= 0.6 is 0 Å². The first-order valence-corrected chi connectivity index (χ1v) is 10.1. The van der Waals surface area contributed by atoms with Crippen LogP contribution in [-0.4, -0.2) is 30.5 Å². The zero-order valence-corrected chi connectivity index (χ0v) is 16.7. The van der Waals surface area contributed by atoms with Crippen molar-refractivity contribution in [3.8, 4) is 11.5 Å². The minimum Gasteiger partial charge on any atom is -0.347 e. The number of hydrogen-bond acceptors (Lipinski definition) is 4. The molecular formula is C23H22N6O. The molecule has 7 nitrogen and oxygen atoms in total. The van der Waals surface area contributed by atoms with Gasteiger partial charge < -0.3 is 5.32 Å². The Morgan fingerprint density at radius 1 is 1.13 bits per heavy atom. The molecule has 150 valence electrons. The van der Waals surface area contributed by atoms with Gasteiger partial charge in [-0.05, 0) is 61.6 Å². The summed E-state index contributed by atoms with van der Waals surface area (Å²) in [7, 11) is 0. The largest absolute Gasteiger partial charge is 0.347 e. The predicted molar refractivity (Wildman–Crippen MR) is 113 cm³/mol. The van der Waals surface area contributed by atoms with Gasteiger partial charge in [0.25, 0.3) is 5.91 Å². The van der Waals surface area contributed by atoms with E-state index in [1.54, 1.807) is 17.1 Å². The zero-order chi connectivity index (χ0) is 20.5. The average molecular weight is 398 g/mol. The maximum atomic E-state index is 13.0. The quantitative estimate of drug-likeness (QED) is 0.560. The number of nitrogens with one attached hydrogen (secondary N) is 1. The molecule has 0 saturated carbocycles. The minimum absolute atomic E-state index is 0.141. The standard InChI is InChI=1S/C23H22N6O/c1-16-6-2-3-8-19(16)29-20-9-4-7-18(20)22(27-29)23(30)25-15-17-10-12-24-21(14-17)28-13-5-11-26-28/h2-3,5-6,8,10-14H,4,7,9,15H2,1H3,(H,25,30). The molecule has 3 aromatic heterocycles. The third-order valence-electron chi connectivity index (χ3n) is 5.49. The van der Waals surface area contributed by atoms with Gasteiger partial charge >= 0.3 is 0 Å². The number of pyridine rings is 1. The number of para-hydroxylation sites is 1. The second-order valence-electron chi connectivity index (χ2n) is 7.48. The van der Waals surface area contributed by atoms with Crippen LogP contribution in [0.2, 0.25) is 0 Å². The Morgan fingerprint density at radius 3 is 2.87 bits per heavy atom. The number of aromatic nitrogens is 5. The molecule has 1 amide bonds. The monoisotopic (exact) mass is 398 g/mol. The highest BCUT2D eigenvalue weighted by atomic mass is 16.1. The van der Waals surface area contributed by atoms with Crippen LogP contribution in [0, 0.1) is 6.92 Å². The molecular weight excluding hydrogens is 376 g/mol. The SMILES string of the molecule is Cc1ccccc1-n1nc(C(=O)NCc2ccnc(-n3cccn3)c2)c2c1CCC2. The number of fused-ring (bicyclic) bond motifs is 1. The van der Waals surface area contributed by atoms with Crippen LogP contribution in [0.5, 0.6) is 0 Å². The fraction of sp³-hybridized carbons (Fsp3) is 0.217. The van der Waals surface area contributed by atoms with E-state index in [2.05, 4.69) is 34.5 Å². The molecule has 0 spiro atoms. The predicted octanol–water partition coefficient (Wildman–Crippen LogP) is 3.18. The Labute approximate surface area is 174 Å². The lowest BCUT2D eigenvalue weighted by molar-refractivity contribution is 0.0944. The smallest absolute Gasteiger partial charge is 0.272 e. The molecule has 0 saturated heterocycles. The number of nitrogens with zero attached hydrogens (tertiary/aromatic N) is 5. The van der Waals surface area contributed by atoms with Crippen LogP contribution in [0.25, 0.3) is 11.5 Å². The van der Waals surface area contributed by atoms with E-state index in [0.717, 1.165) is 53.2 Å².